The molecule has 1 saturated heterocycles. The van der Waals surface area contributed by atoms with Crippen LogP contribution in [0.1, 0.15) is 0 Å². The van der Waals surface area contributed by atoms with Gasteiger partial charge in [-0.05, 0) is 29.8 Å². The molecule has 0 spiro atoms. The van der Waals surface area contributed by atoms with Crippen LogP contribution in [0.5, 0.6) is 0 Å². The second kappa shape index (κ2) is 5.12. The van der Waals surface area contributed by atoms with Crippen LogP contribution in [0.25, 0.3) is 21.9 Å². The second-order valence-electron chi connectivity index (χ2n) is 5.09. The first-order valence-corrected chi connectivity index (χ1v) is 7.99. The standard InChI is InChI=1S/C14H13BrClN5/c15-8-1-2-9-10(7-8)18-12-11(9)19-14(16)20-13(12)21-5-3-17-4-6-21/h1-2,7,17-18H,3-6H2. The highest BCUT2D eigenvalue weighted by Crippen LogP contribution is 2.32. The molecule has 1 fully saturated rings. The molecule has 1 aliphatic rings. The van der Waals surface area contributed by atoms with Gasteiger partial charge in [0.1, 0.15) is 11.0 Å². The van der Waals surface area contributed by atoms with E-state index in [0.29, 0.717) is 5.28 Å². The molecular weight excluding hydrogens is 354 g/mol. The van der Waals surface area contributed by atoms with Crippen LogP contribution >= 0.6 is 27.5 Å². The van der Waals surface area contributed by atoms with Crippen LogP contribution in [-0.2, 0) is 0 Å². The van der Waals surface area contributed by atoms with E-state index in [2.05, 4.69) is 41.1 Å². The van der Waals surface area contributed by atoms with Crippen molar-refractivity contribution in [1.29, 1.82) is 0 Å². The summed E-state index contributed by atoms with van der Waals surface area (Å²) in [6.07, 6.45) is 0. The normalized spacial score (nSPS) is 16.0. The smallest absolute Gasteiger partial charge is 0.225 e. The van der Waals surface area contributed by atoms with Crippen LogP contribution in [0.3, 0.4) is 0 Å². The number of halogens is 2. The molecule has 4 rings (SSSR count). The fourth-order valence-electron chi connectivity index (χ4n) is 2.80. The molecule has 0 atom stereocenters. The molecule has 0 saturated carbocycles. The van der Waals surface area contributed by atoms with Crippen molar-refractivity contribution in [3.8, 4) is 0 Å². The van der Waals surface area contributed by atoms with E-state index in [9.17, 15) is 0 Å². The van der Waals surface area contributed by atoms with E-state index in [4.69, 9.17) is 11.6 Å². The highest BCUT2D eigenvalue weighted by molar-refractivity contribution is 9.10. The number of hydrogen-bond acceptors (Lipinski definition) is 4. The van der Waals surface area contributed by atoms with E-state index < -0.39 is 0 Å². The Kier molecular flexibility index (Phi) is 3.24. The van der Waals surface area contributed by atoms with Crippen LogP contribution in [0.4, 0.5) is 5.82 Å². The van der Waals surface area contributed by atoms with E-state index in [-0.39, 0.29) is 0 Å². The lowest BCUT2D eigenvalue weighted by Crippen LogP contribution is -2.44. The summed E-state index contributed by atoms with van der Waals surface area (Å²) in [7, 11) is 0. The molecule has 5 nitrogen and oxygen atoms in total. The number of nitrogens with zero attached hydrogens (tertiary/aromatic N) is 3. The average molecular weight is 367 g/mol. The van der Waals surface area contributed by atoms with Crippen molar-refractivity contribution in [2.24, 2.45) is 0 Å². The van der Waals surface area contributed by atoms with Gasteiger partial charge in [-0.3, -0.25) is 0 Å². The van der Waals surface area contributed by atoms with Gasteiger partial charge in [-0.2, -0.15) is 4.98 Å². The average Bonchev–Trinajstić information content (AvgIpc) is 2.84. The van der Waals surface area contributed by atoms with Gasteiger partial charge in [0.15, 0.2) is 5.82 Å². The number of hydrogen-bond donors (Lipinski definition) is 2. The Balaban J connectivity index is 1.99. The van der Waals surface area contributed by atoms with E-state index >= 15 is 0 Å². The SMILES string of the molecule is Clc1nc(N2CCNCC2)c2[nH]c3cc(Br)ccc3c2n1. The van der Waals surface area contributed by atoms with Gasteiger partial charge >= 0.3 is 0 Å². The molecule has 7 heteroatoms. The zero-order valence-electron chi connectivity index (χ0n) is 11.2. The van der Waals surface area contributed by atoms with Gasteiger partial charge in [0.25, 0.3) is 0 Å². The zero-order valence-corrected chi connectivity index (χ0v) is 13.5. The molecule has 0 bridgehead atoms. The molecule has 2 aromatic heterocycles. The summed E-state index contributed by atoms with van der Waals surface area (Å²) in [5, 5.41) is 4.70. The molecular formula is C14H13BrClN5. The Hall–Kier alpha value is -1.37. The quantitative estimate of drug-likeness (QED) is 0.650. The van der Waals surface area contributed by atoms with E-state index in [0.717, 1.165) is 58.4 Å². The van der Waals surface area contributed by atoms with Crippen LogP contribution in [0, 0.1) is 0 Å². The molecule has 0 amide bonds. The van der Waals surface area contributed by atoms with E-state index in [1.54, 1.807) is 0 Å². The largest absolute Gasteiger partial charge is 0.352 e. The third kappa shape index (κ3) is 2.27. The van der Waals surface area contributed by atoms with Gasteiger partial charge in [-0.15, -0.1) is 0 Å². The summed E-state index contributed by atoms with van der Waals surface area (Å²) < 4.78 is 1.03. The van der Waals surface area contributed by atoms with E-state index in [1.165, 1.54) is 0 Å². The van der Waals surface area contributed by atoms with Gasteiger partial charge in [-0.1, -0.05) is 15.9 Å². The number of rotatable bonds is 1. The molecule has 108 valence electrons. The molecule has 1 aliphatic heterocycles. The summed E-state index contributed by atoms with van der Waals surface area (Å²) >= 11 is 9.64. The topological polar surface area (TPSA) is 56.8 Å². The molecule has 0 aliphatic carbocycles. The summed E-state index contributed by atoms with van der Waals surface area (Å²) in [6, 6.07) is 6.10. The summed E-state index contributed by atoms with van der Waals surface area (Å²) in [4.78, 5) is 14.5. The van der Waals surface area contributed by atoms with Crippen molar-refractivity contribution in [2.75, 3.05) is 31.1 Å². The molecule has 3 heterocycles. The van der Waals surface area contributed by atoms with Crippen LogP contribution in [0.15, 0.2) is 22.7 Å². The number of fused-ring (bicyclic) bond motifs is 3. The lowest BCUT2D eigenvalue weighted by atomic mass is 10.2. The lowest BCUT2D eigenvalue weighted by Gasteiger charge is -2.28. The van der Waals surface area contributed by atoms with Gasteiger partial charge in [0, 0.05) is 41.6 Å². The van der Waals surface area contributed by atoms with Crippen molar-refractivity contribution >= 4 is 55.3 Å². The Morgan fingerprint density at radius 3 is 2.81 bits per heavy atom. The minimum absolute atomic E-state index is 0.292. The number of piperazine rings is 1. The minimum atomic E-state index is 0.292. The summed E-state index contributed by atoms with van der Waals surface area (Å²) in [6.45, 7) is 3.74. The summed E-state index contributed by atoms with van der Waals surface area (Å²) in [5.74, 6) is 0.888. The van der Waals surface area contributed by atoms with Crippen molar-refractivity contribution in [3.05, 3.63) is 28.0 Å². The van der Waals surface area contributed by atoms with Gasteiger partial charge in [0.05, 0.1) is 0 Å². The van der Waals surface area contributed by atoms with E-state index in [1.807, 2.05) is 18.2 Å². The Bertz CT molecular complexity index is 825. The molecule has 21 heavy (non-hydrogen) atoms. The predicted molar refractivity (Wildman–Crippen MR) is 89.2 cm³/mol. The van der Waals surface area contributed by atoms with Crippen molar-refractivity contribution < 1.29 is 0 Å². The maximum atomic E-state index is 6.14. The molecule has 0 unspecified atom stereocenters. The zero-order chi connectivity index (χ0) is 14.4. The number of aromatic nitrogens is 3. The third-order valence-corrected chi connectivity index (χ3v) is 4.44. The van der Waals surface area contributed by atoms with Crippen molar-refractivity contribution in [1.82, 2.24) is 20.3 Å². The number of benzene rings is 1. The monoisotopic (exact) mass is 365 g/mol. The molecule has 0 radical (unpaired) electrons. The third-order valence-electron chi connectivity index (χ3n) is 3.78. The van der Waals surface area contributed by atoms with Crippen molar-refractivity contribution in [2.45, 2.75) is 0 Å². The van der Waals surface area contributed by atoms with Gasteiger partial charge < -0.3 is 15.2 Å². The Morgan fingerprint density at radius 2 is 2.00 bits per heavy atom. The highest BCUT2D eigenvalue weighted by atomic mass is 79.9. The lowest BCUT2D eigenvalue weighted by molar-refractivity contribution is 0.586. The number of aromatic amines is 1. The summed E-state index contributed by atoms with van der Waals surface area (Å²) in [5.41, 5.74) is 2.87. The van der Waals surface area contributed by atoms with Crippen LogP contribution in [-0.4, -0.2) is 41.1 Å². The van der Waals surface area contributed by atoms with Crippen LogP contribution < -0.4 is 10.2 Å². The Labute approximate surface area is 134 Å². The van der Waals surface area contributed by atoms with Gasteiger partial charge in [0.2, 0.25) is 5.28 Å². The maximum absolute atomic E-state index is 6.14. The molecule has 3 aromatic rings. The highest BCUT2D eigenvalue weighted by Gasteiger charge is 2.19. The second-order valence-corrected chi connectivity index (χ2v) is 6.35. The molecule has 1 aromatic carbocycles. The maximum Gasteiger partial charge on any atom is 0.225 e. The van der Waals surface area contributed by atoms with Gasteiger partial charge in [-0.25, -0.2) is 4.98 Å². The number of H-pyrrole nitrogens is 1. The molecule has 2 N–H and O–H groups in total. The van der Waals surface area contributed by atoms with Crippen LogP contribution in [0.2, 0.25) is 5.28 Å². The number of anilines is 1. The predicted octanol–water partition coefficient (Wildman–Crippen LogP) is 2.94. The fraction of sp³-hybridized carbons (Fsp3) is 0.286. The first-order chi connectivity index (χ1) is 10.2. The minimum Gasteiger partial charge on any atom is -0.352 e. The first-order valence-electron chi connectivity index (χ1n) is 6.82. The fourth-order valence-corrected chi connectivity index (χ4v) is 3.32. The number of nitrogens with one attached hydrogen (secondary N) is 2. The first kappa shape index (κ1) is 13.3. The Morgan fingerprint density at radius 1 is 1.19 bits per heavy atom. The van der Waals surface area contributed by atoms with Crippen molar-refractivity contribution in [3.63, 3.8) is 0 Å².